The molecule has 0 radical (unpaired) electrons. The van der Waals surface area contributed by atoms with Gasteiger partial charge < -0.3 is 9.64 Å². The Morgan fingerprint density at radius 1 is 1.62 bits per heavy atom. The molecule has 3 rings (SSSR count). The maximum atomic E-state index is 14.4. The first-order valence-electron chi connectivity index (χ1n) is 6.47. The Labute approximate surface area is 125 Å². The highest BCUT2D eigenvalue weighted by Crippen LogP contribution is 2.45. The summed E-state index contributed by atoms with van der Waals surface area (Å²) >= 11 is 5.87. The predicted molar refractivity (Wildman–Crippen MR) is 75.7 cm³/mol. The van der Waals surface area contributed by atoms with Crippen molar-refractivity contribution in [2.75, 3.05) is 19.6 Å². The summed E-state index contributed by atoms with van der Waals surface area (Å²) in [5.74, 6) is 4.45. The maximum absolute atomic E-state index is 14.4. The Bertz CT molecular complexity index is 624. The van der Waals surface area contributed by atoms with E-state index in [2.05, 4.69) is 10.4 Å². The molecule has 0 aromatic heterocycles. The van der Waals surface area contributed by atoms with Crippen LogP contribution in [0.1, 0.15) is 12.0 Å². The molecule has 6 nitrogen and oxygen atoms in total. The number of hydrogen-bond donors (Lipinski definition) is 2. The van der Waals surface area contributed by atoms with E-state index in [0.29, 0.717) is 24.2 Å². The number of likely N-dealkylation sites (tertiary alicyclic amines) is 1. The molecule has 1 aromatic carbocycles. The number of nitrogens with zero attached hydrogens (tertiary/aromatic N) is 2. The Balaban J connectivity index is 1.97. The smallest absolute Gasteiger partial charge is 0.238 e. The lowest BCUT2D eigenvalue weighted by Gasteiger charge is -2.32. The maximum Gasteiger partial charge on any atom is 0.238 e. The molecule has 2 heterocycles. The van der Waals surface area contributed by atoms with Crippen molar-refractivity contribution in [3.8, 4) is 0 Å². The molecule has 0 aliphatic carbocycles. The molecule has 2 aliphatic heterocycles. The zero-order valence-corrected chi connectivity index (χ0v) is 11.9. The average molecular weight is 313 g/mol. The van der Waals surface area contributed by atoms with Crippen molar-refractivity contribution < 1.29 is 13.9 Å². The van der Waals surface area contributed by atoms with Crippen LogP contribution < -0.4 is 11.3 Å². The van der Waals surface area contributed by atoms with Crippen LogP contribution in [-0.2, 0) is 15.1 Å². The molecule has 0 saturated carbocycles. The van der Waals surface area contributed by atoms with Crippen molar-refractivity contribution in [2.24, 2.45) is 10.8 Å². The lowest BCUT2D eigenvalue weighted by atomic mass is 9.90. The second-order valence-corrected chi connectivity index (χ2v) is 5.46. The first-order chi connectivity index (χ1) is 10.1. The van der Waals surface area contributed by atoms with Gasteiger partial charge >= 0.3 is 0 Å². The zero-order chi connectivity index (χ0) is 15.0. The van der Waals surface area contributed by atoms with Crippen LogP contribution in [0.15, 0.2) is 17.1 Å². The molecule has 0 unspecified atom stereocenters. The van der Waals surface area contributed by atoms with Gasteiger partial charge in [-0.15, -0.1) is 0 Å². The van der Waals surface area contributed by atoms with Gasteiger partial charge in [-0.3, -0.25) is 16.1 Å². The van der Waals surface area contributed by atoms with Gasteiger partial charge in [-0.2, -0.15) is 0 Å². The van der Waals surface area contributed by atoms with Gasteiger partial charge in [-0.05, 0) is 12.1 Å². The van der Waals surface area contributed by atoms with Crippen LogP contribution in [0.25, 0.3) is 0 Å². The molecule has 112 valence electrons. The van der Waals surface area contributed by atoms with Gasteiger partial charge in [0.15, 0.2) is 17.8 Å². The van der Waals surface area contributed by atoms with Crippen molar-refractivity contribution in [1.82, 2.24) is 10.3 Å². The summed E-state index contributed by atoms with van der Waals surface area (Å²) in [5.41, 5.74) is 2.18. The zero-order valence-electron chi connectivity index (χ0n) is 11.1. The number of carbonyl (C=O) groups is 1. The number of nitrogens with two attached hydrogens (primary N) is 1. The molecule has 0 bridgehead atoms. The molecule has 1 aromatic rings. The summed E-state index contributed by atoms with van der Waals surface area (Å²) in [7, 11) is 0. The van der Waals surface area contributed by atoms with E-state index in [1.165, 1.54) is 12.5 Å². The third-order valence-corrected chi connectivity index (χ3v) is 4.13. The minimum Gasteiger partial charge on any atom is -0.470 e. The lowest BCUT2D eigenvalue weighted by molar-refractivity contribution is -0.130. The van der Waals surface area contributed by atoms with Crippen LogP contribution in [0, 0.1) is 5.82 Å². The predicted octanol–water partition coefficient (Wildman–Crippen LogP) is 1.06. The summed E-state index contributed by atoms with van der Waals surface area (Å²) in [4.78, 5) is 17.5. The number of hydrazine groups is 1. The van der Waals surface area contributed by atoms with Crippen LogP contribution in [0.4, 0.5) is 10.1 Å². The normalized spacial score (nSPS) is 23.3. The van der Waals surface area contributed by atoms with Gasteiger partial charge in [0.2, 0.25) is 5.91 Å². The van der Waals surface area contributed by atoms with Crippen molar-refractivity contribution in [2.45, 2.75) is 12.0 Å². The van der Waals surface area contributed by atoms with Crippen LogP contribution in [0.3, 0.4) is 0 Å². The molecular formula is C13H14ClFN4O2. The monoisotopic (exact) mass is 312 g/mol. The average Bonchev–Trinajstić information content (AvgIpc) is 2.88. The highest BCUT2D eigenvalue weighted by Gasteiger charge is 2.47. The molecule has 21 heavy (non-hydrogen) atoms. The van der Waals surface area contributed by atoms with Crippen molar-refractivity contribution in [1.29, 1.82) is 0 Å². The van der Waals surface area contributed by atoms with E-state index in [0.717, 1.165) is 0 Å². The van der Waals surface area contributed by atoms with Gasteiger partial charge in [0.1, 0.15) is 0 Å². The largest absolute Gasteiger partial charge is 0.470 e. The molecule has 1 atom stereocenters. The fraction of sp³-hybridized carbons (Fsp3) is 0.385. The van der Waals surface area contributed by atoms with Crippen molar-refractivity contribution in [3.05, 3.63) is 28.5 Å². The topological polar surface area (TPSA) is 80.0 Å². The van der Waals surface area contributed by atoms with E-state index in [1.54, 1.807) is 11.0 Å². The molecule has 1 spiro atoms. The number of hydrogen-bond acceptors (Lipinski definition) is 5. The van der Waals surface area contributed by atoms with Crippen molar-refractivity contribution in [3.63, 3.8) is 0 Å². The minimum atomic E-state index is -0.934. The quantitative estimate of drug-likeness (QED) is 0.632. The molecule has 1 fully saturated rings. The molecular weight excluding hydrogens is 299 g/mol. The summed E-state index contributed by atoms with van der Waals surface area (Å²) in [5, 5.41) is 0.0160. The first kappa shape index (κ1) is 14.2. The molecule has 1 saturated heterocycles. The molecule has 2 aliphatic rings. The highest BCUT2D eigenvalue weighted by atomic mass is 35.5. The second kappa shape index (κ2) is 5.25. The lowest BCUT2D eigenvalue weighted by Crippen LogP contribution is -2.42. The third-order valence-electron chi connectivity index (χ3n) is 3.84. The van der Waals surface area contributed by atoms with Gasteiger partial charge in [0, 0.05) is 13.0 Å². The highest BCUT2D eigenvalue weighted by molar-refractivity contribution is 6.30. The van der Waals surface area contributed by atoms with Gasteiger partial charge in [-0.1, -0.05) is 11.6 Å². The number of carbonyl (C=O) groups excluding carboxylic acids is 1. The number of ether oxygens (including phenoxy) is 1. The number of rotatable bonds is 2. The Hall–Kier alpha value is -1.70. The van der Waals surface area contributed by atoms with E-state index < -0.39 is 11.4 Å². The Morgan fingerprint density at radius 2 is 2.43 bits per heavy atom. The SMILES string of the molecule is NNCC(=O)N1CC[C@@]2(C1)OC=Nc1ccc(Cl)c(F)c12. The van der Waals surface area contributed by atoms with Crippen LogP contribution >= 0.6 is 11.6 Å². The summed E-state index contributed by atoms with van der Waals surface area (Å²) in [6.45, 7) is 0.721. The summed E-state index contributed by atoms with van der Waals surface area (Å²) < 4.78 is 20.0. The number of halogens is 2. The molecule has 1 amide bonds. The van der Waals surface area contributed by atoms with Crippen LogP contribution in [0.2, 0.25) is 5.02 Å². The fourth-order valence-electron chi connectivity index (χ4n) is 2.82. The third kappa shape index (κ3) is 2.27. The van der Waals surface area contributed by atoms with E-state index in [1.807, 2.05) is 0 Å². The number of nitrogens with one attached hydrogen (secondary N) is 1. The second-order valence-electron chi connectivity index (χ2n) is 5.05. The van der Waals surface area contributed by atoms with Gasteiger partial charge in [-0.25, -0.2) is 9.38 Å². The van der Waals surface area contributed by atoms with Crippen LogP contribution in [0.5, 0.6) is 0 Å². The number of aliphatic imine (C=N–C) groups is 1. The molecule has 3 N–H and O–H groups in total. The van der Waals surface area contributed by atoms with E-state index in [9.17, 15) is 9.18 Å². The van der Waals surface area contributed by atoms with E-state index in [-0.39, 0.29) is 24.0 Å². The fourth-order valence-corrected chi connectivity index (χ4v) is 2.98. The number of fused-ring (bicyclic) bond motifs is 2. The standard InChI is InChI=1S/C13H14ClFN4O2/c14-8-1-2-9-11(12(8)15)13(21-7-17-9)3-4-19(6-13)10(20)5-18-16/h1-2,7,18H,3-6,16H2/t13-/m0/s1. The van der Waals surface area contributed by atoms with Gasteiger partial charge in [0.25, 0.3) is 0 Å². The van der Waals surface area contributed by atoms with E-state index in [4.69, 9.17) is 22.2 Å². The molecule has 8 heteroatoms. The minimum absolute atomic E-state index is 0.0160. The Morgan fingerprint density at radius 3 is 3.19 bits per heavy atom. The van der Waals surface area contributed by atoms with Crippen LogP contribution in [-0.4, -0.2) is 36.8 Å². The summed E-state index contributed by atoms with van der Waals surface area (Å²) in [6.07, 6.45) is 1.77. The number of benzene rings is 1. The van der Waals surface area contributed by atoms with E-state index >= 15 is 0 Å². The first-order valence-corrected chi connectivity index (χ1v) is 6.85. The van der Waals surface area contributed by atoms with Crippen molar-refractivity contribution >= 4 is 29.6 Å². The summed E-state index contributed by atoms with van der Waals surface area (Å²) in [6, 6.07) is 3.11. The van der Waals surface area contributed by atoms with Gasteiger partial charge in [0.05, 0.1) is 29.4 Å². The Kier molecular flexibility index (Phi) is 3.56. The number of amides is 1.